The monoisotopic (exact) mass is 364 g/mol. The van der Waals surface area contributed by atoms with Crippen molar-refractivity contribution in [3.05, 3.63) is 33.1 Å². The van der Waals surface area contributed by atoms with Crippen molar-refractivity contribution in [1.29, 1.82) is 0 Å². The standard InChI is InChI=1S/C13H18FIN2O/c1-13(2,7-16)8-17(3)12(18)11-9(14)5-4-6-10(11)15/h4-6H,7-8,16H2,1-3H3. The number of hydrogen-bond acceptors (Lipinski definition) is 2. The lowest BCUT2D eigenvalue weighted by Crippen LogP contribution is -2.40. The molecule has 18 heavy (non-hydrogen) atoms. The number of hydrogen-bond donors (Lipinski definition) is 1. The Morgan fingerprint density at radius 1 is 1.50 bits per heavy atom. The van der Waals surface area contributed by atoms with E-state index in [1.807, 2.05) is 36.4 Å². The van der Waals surface area contributed by atoms with Gasteiger partial charge in [0.2, 0.25) is 0 Å². The van der Waals surface area contributed by atoms with Crippen LogP contribution in [0.25, 0.3) is 0 Å². The van der Waals surface area contributed by atoms with E-state index in [1.54, 1.807) is 19.2 Å². The second-order valence-electron chi connectivity index (χ2n) is 5.13. The van der Waals surface area contributed by atoms with E-state index in [2.05, 4.69) is 0 Å². The summed E-state index contributed by atoms with van der Waals surface area (Å²) < 4.78 is 14.3. The third kappa shape index (κ3) is 3.65. The Kier molecular flexibility index (Phi) is 5.10. The van der Waals surface area contributed by atoms with Crippen LogP contribution in [-0.4, -0.2) is 30.9 Å². The smallest absolute Gasteiger partial charge is 0.257 e. The van der Waals surface area contributed by atoms with E-state index < -0.39 is 5.82 Å². The maximum absolute atomic E-state index is 13.7. The molecule has 1 aromatic carbocycles. The van der Waals surface area contributed by atoms with Gasteiger partial charge in [-0.3, -0.25) is 4.79 Å². The van der Waals surface area contributed by atoms with Crippen LogP contribution >= 0.6 is 22.6 Å². The quantitative estimate of drug-likeness (QED) is 0.835. The predicted octanol–water partition coefficient (Wildman–Crippen LogP) is 2.49. The molecule has 2 N–H and O–H groups in total. The number of nitrogens with zero attached hydrogens (tertiary/aromatic N) is 1. The highest BCUT2D eigenvalue weighted by molar-refractivity contribution is 14.1. The van der Waals surface area contributed by atoms with Crippen LogP contribution < -0.4 is 5.73 Å². The fourth-order valence-corrected chi connectivity index (χ4v) is 2.37. The van der Waals surface area contributed by atoms with Crippen LogP contribution in [0.1, 0.15) is 24.2 Å². The molecule has 0 atom stereocenters. The largest absolute Gasteiger partial charge is 0.341 e. The van der Waals surface area contributed by atoms with Gasteiger partial charge in [0, 0.05) is 17.2 Å². The van der Waals surface area contributed by atoms with Crippen molar-refractivity contribution < 1.29 is 9.18 Å². The second-order valence-corrected chi connectivity index (χ2v) is 6.29. The Balaban J connectivity index is 2.94. The molecule has 0 aliphatic heterocycles. The van der Waals surface area contributed by atoms with E-state index in [4.69, 9.17) is 5.73 Å². The highest BCUT2D eigenvalue weighted by Gasteiger charge is 2.24. The van der Waals surface area contributed by atoms with Crippen LogP contribution in [0.2, 0.25) is 0 Å². The summed E-state index contributed by atoms with van der Waals surface area (Å²) in [5.41, 5.74) is 5.59. The van der Waals surface area contributed by atoms with E-state index in [9.17, 15) is 9.18 Å². The molecule has 3 nitrogen and oxygen atoms in total. The molecule has 0 aromatic heterocycles. The van der Waals surface area contributed by atoms with Crippen LogP contribution in [0.3, 0.4) is 0 Å². The number of carbonyl (C=O) groups excluding carboxylic acids is 1. The zero-order chi connectivity index (χ0) is 13.9. The van der Waals surface area contributed by atoms with Crippen LogP contribution in [0.5, 0.6) is 0 Å². The average molecular weight is 364 g/mol. The SMILES string of the molecule is CN(CC(C)(C)CN)C(=O)c1c(F)cccc1I. The number of amides is 1. The zero-order valence-electron chi connectivity index (χ0n) is 10.8. The minimum absolute atomic E-state index is 0.133. The summed E-state index contributed by atoms with van der Waals surface area (Å²) in [6.07, 6.45) is 0. The van der Waals surface area contributed by atoms with Gasteiger partial charge < -0.3 is 10.6 Å². The first kappa shape index (κ1) is 15.4. The Bertz CT molecular complexity index is 428. The number of carbonyl (C=O) groups is 1. The van der Waals surface area contributed by atoms with Crippen molar-refractivity contribution in [3.63, 3.8) is 0 Å². The summed E-state index contributed by atoms with van der Waals surface area (Å²) in [5, 5.41) is 0. The molecule has 0 radical (unpaired) electrons. The normalized spacial score (nSPS) is 11.4. The Hall–Kier alpha value is -0.690. The van der Waals surface area contributed by atoms with E-state index in [0.29, 0.717) is 16.7 Å². The Labute approximate surface area is 121 Å². The minimum atomic E-state index is -0.482. The van der Waals surface area contributed by atoms with Gasteiger partial charge in [0.15, 0.2) is 0 Å². The Morgan fingerprint density at radius 3 is 2.61 bits per heavy atom. The molecule has 0 spiro atoms. The van der Waals surface area contributed by atoms with E-state index in [0.717, 1.165) is 0 Å². The first-order valence-corrected chi connectivity index (χ1v) is 6.76. The number of benzene rings is 1. The topological polar surface area (TPSA) is 46.3 Å². The van der Waals surface area contributed by atoms with Crippen molar-refractivity contribution in [1.82, 2.24) is 4.90 Å². The van der Waals surface area contributed by atoms with Gasteiger partial charge in [0.1, 0.15) is 5.82 Å². The third-order valence-electron chi connectivity index (χ3n) is 2.74. The molecule has 0 saturated heterocycles. The van der Waals surface area contributed by atoms with Gasteiger partial charge in [-0.1, -0.05) is 19.9 Å². The van der Waals surface area contributed by atoms with Crippen LogP contribution in [-0.2, 0) is 0 Å². The molecule has 0 aliphatic carbocycles. The number of nitrogens with two attached hydrogens (primary N) is 1. The highest BCUT2D eigenvalue weighted by Crippen LogP contribution is 2.20. The number of rotatable bonds is 4. The lowest BCUT2D eigenvalue weighted by atomic mass is 9.93. The van der Waals surface area contributed by atoms with Gasteiger partial charge in [0.05, 0.1) is 5.56 Å². The van der Waals surface area contributed by atoms with Crippen LogP contribution in [0.15, 0.2) is 18.2 Å². The summed E-state index contributed by atoms with van der Waals surface area (Å²) >= 11 is 1.97. The van der Waals surface area contributed by atoms with Crippen molar-refractivity contribution in [2.75, 3.05) is 20.1 Å². The predicted molar refractivity (Wildman–Crippen MR) is 78.9 cm³/mol. The molecule has 0 saturated carbocycles. The molecule has 0 bridgehead atoms. The second kappa shape index (κ2) is 5.97. The Morgan fingerprint density at radius 2 is 2.11 bits per heavy atom. The first-order valence-electron chi connectivity index (χ1n) is 5.68. The molecular formula is C13H18FIN2O. The van der Waals surface area contributed by atoms with E-state index in [1.165, 1.54) is 11.0 Å². The fraction of sp³-hybridized carbons (Fsp3) is 0.462. The maximum atomic E-state index is 13.7. The third-order valence-corrected chi connectivity index (χ3v) is 3.64. The molecule has 100 valence electrons. The molecular weight excluding hydrogens is 346 g/mol. The van der Waals surface area contributed by atoms with Gasteiger partial charge in [-0.15, -0.1) is 0 Å². The molecule has 1 amide bonds. The molecule has 1 aromatic rings. The average Bonchev–Trinajstić information content (AvgIpc) is 2.28. The number of halogens is 2. The van der Waals surface area contributed by atoms with Crippen molar-refractivity contribution in [3.8, 4) is 0 Å². The minimum Gasteiger partial charge on any atom is -0.341 e. The fourth-order valence-electron chi connectivity index (χ4n) is 1.67. The summed E-state index contributed by atoms with van der Waals surface area (Å²) in [7, 11) is 1.67. The van der Waals surface area contributed by atoms with Crippen LogP contribution in [0.4, 0.5) is 4.39 Å². The van der Waals surface area contributed by atoms with Gasteiger partial charge in [-0.05, 0) is 46.7 Å². The van der Waals surface area contributed by atoms with Crippen molar-refractivity contribution >= 4 is 28.5 Å². The lowest BCUT2D eigenvalue weighted by Gasteiger charge is -2.29. The van der Waals surface area contributed by atoms with E-state index in [-0.39, 0.29) is 16.9 Å². The summed E-state index contributed by atoms with van der Waals surface area (Å²) in [6, 6.07) is 4.62. The van der Waals surface area contributed by atoms with Crippen molar-refractivity contribution in [2.45, 2.75) is 13.8 Å². The lowest BCUT2D eigenvalue weighted by molar-refractivity contribution is 0.0734. The molecule has 0 heterocycles. The van der Waals surface area contributed by atoms with Crippen LogP contribution in [0, 0.1) is 14.8 Å². The van der Waals surface area contributed by atoms with Gasteiger partial charge >= 0.3 is 0 Å². The molecule has 0 fully saturated rings. The first-order chi connectivity index (χ1) is 8.28. The molecule has 5 heteroatoms. The van der Waals surface area contributed by atoms with E-state index >= 15 is 0 Å². The molecule has 0 unspecified atom stereocenters. The highest BCUT2D eigenvalue weighted by atomic mass is 127. The summed E-state index contributed by atoms with van der Waals surface area (Å²) in [5.74, 6) is -0.789. The van der Waals surface area contributed by atoms with Gasteiger partial charge in [0.25, 0.3) is 5.91 Å². The zero-order valence-corrected chi connectivity index (χ0v) is 13.0. The molecule has 1 rings (SSSR count). The summed E-state index contributed by atoms with van der Waals surface area (Å²) in [6.45, 7) is 4.91. The van der Waals surface area contributed by atoms with Gasteiger partial charge in [-0.2, -0.15) is 0 Å². The summed E-state index contributed by atoms with van der Waals surface area (Å²) in [4.78, 5) is 13.7. The molecule has 0 aliphatic rings. The maximum Gasteiger partial charge on any atom is 0.257 e. The van der Waals surface area contributed by atoms with Crippen molar-refractivity contribution in [2.24, 2.45) is 11.1 Å². The van der Waals surface area contributed by atoms with Gasteiger partial charge in [-0.25, -0.2) is 4.39 Å².